The molecule has 1 unspecified atom stereocenters. The lowest BCUT2D eigenvalue weighted by Crippen LogP contribution is -2.19. The number of ether oxygens (including phenoxy) is 1. The molecule has 4 heteroatoms. The molecular formula is C15H19N3O. The molecule has 1 aromatic heterocycles. The van der Waals surface area contributed by atoms with E-state index in [0.717, 1.165) is 22.4 Å². The zero-order valence-electron chi connectivity index (χ0n) is 11.8. The Morgan fingerprint density at radius 1 is 1.16 bits per heavy atom. The molecule has 1 aromatic carbocycles. The first-order chi connectivity index (χ1) is 9.19. The molecular weight excluding hydrogens is 238 g/mol. The number of aromatic nitrogens is 2. The molecule has 0 radical (unpaired) electrons. The van der Waals surface area contributed by atoms with Gasteiger partial charge in [-0.2, -0.15) is 0 Å². The van der Waals surface area contributed by atoms with Crippen molar-refractivity contribution in [1.82, 2.24) is 15.3 Å². The Bertz CT molecular complexity index is 555. The summed E-state index contributed by atoms with van der Waals surface area (Å²) in [6.45, 7) is 4.16. The molecule has 2 rings (SSSR count). The molecule has 1 N–H and O–H groups in total. The highest BCUT2D eigenvalue weighted by molar-refractivity contribution is 5.49. The lowest BCUT2D eigenvalue weighted by atomic mass is 9.96. The van der Waals surface area contributed by atoms with E-state index in [4.69, 9.17) is 4.74 Å². The summed E-state index contributed by atoms with van der Waals surface area (Å²) in [6.07, 6.45) is 5.18. The van der Waals surface area contributed by atoms with Crippen LogP contribution in [-0.4, -0.2) is 24.1 Å². The molecule has 19 heavy (non-hydrogen) atoms. The minimum absolute atomic E-state index is 0.0236. The van der Waals surface area contributed by atoms with Crippen molar-refractivity contribution < 1.29 is 4.74 Å². The summed E-state index contributed by atoms with van der Waals surface area (Å²) in [7, 11) is 3.63. The predicted octanol–water partition coefficient (Wildman–Crippen LogP) is 2.41. The van der Waals surface area contributed by atoms with E-state index >= 15 is 0 Å². The summed E-state index contributed by atoms with van der Waals surface area (Å²) in [5, 5.41) is 3.30. The highest BCUT2D eigenvalue weighted by Crippen LogP contribution is 2.33. The van der Waals surface area contributed by atoms with E-state index in [0.29, 0.717) is 0 Å². The molecule has 0 bridgehead atoms. The van der Waals surface area contributed by atoms with E-state index in [-0.39, 0.29) is 6.04 Å². The van der Waals surface area contributed by atoms with Crippen molar-refractivity contribution in [1.29, 1.82) is 0 Å². The zero-order valence-corrected chi connectivity index (χ0v) is 11.8. The van der Waals surface area contributed by atoms with Crippen LogP contribution in [-0.2, 0) is 0 Å². The normalized spacial score (nSPS) is 12.2. The summed E-state index contributed by atoms with van der Waals surface area (Å²) < 4.78 is 5.58. The smallest absolute Gasteiger partial charge is 0.127 e. The molecule has 0 amide bonds. The van der Waals surface area contributed by atoms with E-state index in [1.165, 1.54) is 11.9 Å². The van der Waals surface area contributed by atoms with Gasteiger partial charge in [-0.25, -0.2) is 9.97 Å². The van der Waals surface area contributed by atoms with Crippen LogP contribution in [0.4, 0.5) is 0 Å². The van der Waals surface area contributed by atoms with Gasteiger partial charge in [-0.15, -0.1) is 0 Å². The van der Waals surface area contributed by atoms with E-state index in [1.807, 2.05) is 19.4 Å². The van der Waals surface area contributed by atoms with Crippen molar-refractivity contribution in [3.63, 3.8) is 0 Å². The minimum atomic E-state index is 0.0236. The molecule has 0 saturated carbocycles. The molecule has 100 valence electrons. The first kappa shape index (κ1) is 13.5. The van der Waals surface area contributed by atoms with Gasteiger partial charge in [0.2, 0.25) is 0 Å². The average molecular weight is 257 g/mol. The monoisotopic (exact) mass is 257 g/mol. The molecule has 2 aromatic rings. The largest absolute Gasteiger partial charge is 0.496 e. The molecule has 0 aliphatic heterocycles. The van der Waals surface area contributed by atoms with E-state index in [2.05, 4.69) is 41.3 Å². The number of benzene rings is 1. The fourth-order valence-corrected chi connectivity index (χ4v) is 2.27. The van der Waals surface area contributed by atoms with Crippen LogP contribution in [0.15, 0.2) is 30.9 Å². The van der Waals surface area contributed by atoms with Crippen LogP contribution >= 0.6 is 0 Å². The second kappa shape index (κ2) is 5.80. The second-order valence-corrected chi connectivity index (χ2v) is 4.52. The van der Waals surface area contributed by atoms with Crippen LogP contribution < -0.4 is 10.1 Å². The Kier molecular flexibility index (Phi) is 4.12. The van der Waals surface area contributed by atoms with Crippen molar-refractivity contribution in [2.45, 2.75) is 19.9 Å². The Hall–Kier alpha value is -1.94. The third-order valence-electron chi connectivity index (χ3n) is 3.42. The van der Waals surface area contributed by atoms with E-state index in [9.17, 15) is 0 Å². The van der Waals surface area contributed by atoms with Crippen molar-refractivity contribution in [2.24, 2.45) is 0 Å². The lowest BCUT2D eigenvalue weighted by molar-refractivity contribution is 0.402. The number of hydrogen-bond donors (Lipinski definition) is 1. The van der Waals surface area contributed by atoms with Crippen LogP contribution in [0.25, 0.3) is 0 Å². The summed E-state index contributed by atoms with van der Waals surface area (Å²) in [5.41, 5.74) is 4.51. The Labute approximate surface area is 113 Å². The second-order valence-electron chi connectivity index (χ2n) is 4.52. The highest BCUT2D eigenvalue weighted by atomic mass is 16.5. The predicted molar refractivity (Wildman–Crippen MR) is 75.4 cm³/mol. The van der Waals surface area contributed by atoms with Gasteiger partial charge in [-0.05, 0) is 32.0 Å². The Morgan fingerprint density at radius 2 is 1.84 bits per heavy atom. The SMILES string of the molecule is CNC(c1cncnc1)c1ccc(C)c(C)c1OC. The van der Waals surface area contributed by atoms with Crippen LogP contribution in [0.1, 0.15) is 28.3 Å². The van der Waals surface area contributed by atoms with Crippen molar-refractivity contribution in [2.75, 3.05) is 14.2 Å². The molecule has 1 heterocycles. The fourth-order valence-electron chi connectivity index (χ4n) is 2.27. The van der Waals surface area contributed by atoms with Gasteiger partial charge in [-0.1, -0.05) is 12.1 Å². The van der Waals surface area contributed by atoms with Crippen LogP contribution in [0, 0.1) is 13.8 Å². The number of aryl methyl sites for hydroxylation is 1. The number of hydrogen-bond acceptors (Lipinski definition) is 4. The molecule has 0 fully saturated rings. The first-order valence-corrected chi connectivity index (χ1v) is 6.25. The quantitative estimate of drug-likeness (QED) is 0.913. The third kappa shape index (κ3) is 2.58. The minimum Gasteiger partial charge on any atom is -0.496 e. The van der Waals surface area contributed by atoms with Gasteiger partial charge in [0.25, 0.3) is 0 Å². The van der Waals surface area contributed by atoms with Gasteiger partial charge >= 0.3 is 0 Å². The van der Waals surface area contributed by atoms with Gasteiger partial charge in [0, 0.05) is 23.5 Å². The maximum absolute atomic E-state index is 5.58. The van der Waals surface area contributed by atoms with Gasteiger partial charge in [0.05, 0.1) is 13.2 Å². The number of nitrogens with zero attached hydrogens (tertiary/aromatic N) is 2. The van der Waals surface area contributed by atoms with Crippen molar-refractivity contribution >= 4 is 0 Å². The fraction of sp³-hybridized carbons (Fsp3) is 0.333. The Morgan fingerprint density at radius 3 is 2.42 bits per heavy atom. The van der Waals surface area contributed by atoms with Crippen molar-refractivity contribution in [3.05, 3.63) is 53.1 Å². The van der Waals surface area contributed by atoms with Crippen LogP contribution in [0.5, 0.6) is 5.75 Å². The average Bonchev–Trinajstić information content (AvgIpc) is 2.45. The van der Waals surface area contributed by atoms with Gasteiger partial charge in [-0.3, -0.25) is 0 Å². The van der Waals surface area contributed by atoms with Gasteiger partial charge in [0.1, 0.15) is 12.1 Å². The number of rotatable bonds is 4. The summed E-state index contributed by atoms with van der Waals surface area (Å²) >= 11 is 0. The highest BCUT2D eigenvalue weighted by Gasteiger charge is 2.19. The number of nitrogens with one attached hydrogen (secondary N) is 1. The summed E-state index contributed by atoms with van der Waals surface area (Å²) in [5.74, 6) is 0.920. The van der Waals surface area contributed by atoms with E-state index < -0.39 is 0 Å². The van der Waals surface area contributed by atoms with Gasteiger partial charge in [0.15, 0.2) is 0 Å². The molecule has 1 atom stereocenters. The molecule has 0 aliphatic rings. The molecule has 0 aliphatic carbocycles. The summed E-state index contributed by atoms with van der Waals surface area (Å²) in [4.78, 5) is 8.17. The van der Waals surface area contributed by atoms with Gasteiger partial charge < -0.3 is 10.1 Å². The molecule has 0 saturated heterocycles. The van der Waals surface area contributed by atoms with Crippen molar-refractivity contribution in [3.8, 4) is 5.75 Å². The zero-order chi connectivity index (χ0) is 13.8. The Balaban J connectivity index is 2.53. The molecule has 0 spiro atoms. The first-order valence-electron chi connectivity index (χ1n) is 6.25. The topological polar surface area (TPSA) is 47.0 Å². The molecule has 4 nitrogen and oxygen atoms in total. The number of methoxy groups -OCH3 is 1. The van der Waals surface area contributed by atoms with Crippen LogP contribution in [0.3, 0.4) is 0 Å². The maximum Gasteiger partial charge on any atom is 0.127 e. The standard InChI is InChI=1S/C15H19N3O/c1-10-5-6-13(15(19-4)11(10)2)14(16-3)12-7-17-9-18-8-12/h5-9,14,16H,1-4H3. The lowest BCUT2D eigenvalue weighted by Gasteiger charge is -2.21. The third-order valence-corrected chi connectivity index (χ3v) is 3.42. The van der Waals surface area contributed by atoms with Crippen LogP contribution in [0.2, 0.25) is 0 Å². The van der Waals surface area contributed by atoms with E-state index in [1.54, 1.807) is 7.11 Å². The maximum atomic E-state index is 5.58. The summed E-state index contributed by atoms with van der Waals surface area (Å²) in [6, 6.07) is 4.23.